The van der Waals surface area contributed by atoms with Crippen molar-refractivity contribution in [3.8, 4) is 0 Å². The van der Waals surface area contributed by atoms with E-state index in [1.807, 2.05) is 0 Å². The Morgan fingerprint density at radius 2 is 1.71 bits per heavy atom. The third-order valence-corrected chi connectivity index (χ3v) is 3.90. The second-order valence-electron chi connectivity index (χ2n) is 5.26. The van der Waals surface area contributed by atoms with Crippen LogP contribution in [-0.4, -0.2) is 55.1 Å². The zero-order chi connectivity index (χ0) is 12.5. The highest BCUT2D eigenvalue weighted by Gasteiger charge is 2.21. The fourth-order valence-corrected chi connectivity index (χ4v) is 2.72. The molecule has 1 unspecified atom stereocenters. The van der Waals surface area contributed by atoms with Crippen molar-refractivity contribution in [3.63, 3.8) is 0 Å². The Hall–Kier alpha value is -0.120. The SMILES string of the molecule is CCCCCN1CCN(C(CN)CCC)CC1. The number of hydrogen-bond acceptors (Lipinski definition) is 3. The highest BCUT2D eigenvalue weighted by molar-refractivity contribution is 4.78. The Bertz CT molecular complexity index is 176. The van der Waals surface area contributed by atoms with Gasteiger partial charge in [-0.1, -0.05) is 33.1 Å². The summed E-state index contributed by atoms with van der Waals surface area (Å²) < 4.78 is 0. The largest absolute Gasteiger partial charge is 0.329 e. The van der Waals surface area contributed by atoms with Crippen LogP contribution in [0, 0.1) is 0 Å². The molecule has 1 saturated heterocycles. The first-order valence-corrected chi connectivity index (χ1v) is 7.48. The summed E-state index contributed by atoms with van der Waals surface area (Å²) in [6.07, 6.45) is 6.57. The van der Waals surface area contributed by atoms with Crippen molar-refractivity contribution in [1.29, 1.82) is 0 Å². The van der Waals surface area contributed by atoms with Gasteiger partial charge in [0.15, 0.2) is 0 Å². The molecule has 1 heterocycles. The van der Waals surface area contributed by atoms with Gasteiger partial charge < -0.3 is 10.6 Å². The van der Waals surface area contributed by atoms with E-state index in [4.69, 9.17) is 5.73 Å². The fraction of sp³-hybridized carbons (Fsp3) is 1.00. The van der Waals surface area contributed by atoms with Crippen molar-refractivity contribution in [2.24, 2.45) is 5.73 Å². The number of hydrogen-bond donors (Lipinski definition) is 1. The van der Waals surface area contributed by atoms with Gasteiger partial charge in [0.05, 0.1) is 0 Å². The average Bonchev–Trinajstić information content (AvgIpc) is 2.37. The molecule has 0 spiro atoms. The molecule has 17 heavy (non-hydrogen) atoms. The molecule has 0 aliphatic carbocycles. The van der Waals surface area contributed by atoms with Crippen molar-refractivity contribution >= 4 is 0 Å². The van der Waals surface area contributed by atoms with Gasteiger partial charge in [0.25, 0.3) is 0 Å². The lowest BCUT2D eigenvalue weighted by atomic mass is 10.1. The predicted octanol–water partition coefficient (Wildman–Crippen LogP) is 1.92. The van der Waals surface area contributed by atoms with E-state index >= 15 is 0 Å². The topological polar surface area (TPSA) is 32.5 Å². The van der Waals surface area contributed by atoms with Crippen LogP contribution < -0.4 is 5.73 Å². The highest BCUT2D eigenvalue weighted by Crippen LogP contribution is 2.11. The minimum absolute atomic E-state index is 0.623. The van der Waals surface area contributed by atoms with Gasteiger partial charge in [-0.3, -0.25) is 4.90 Å². The first-order valence-electron chi connectivity index (χ1n) is 7.48. The van der Waals surface area contributed by atoms with Crippen molar-refractivity contribution < 1.29 is 0 Å². The van der Waals surface area contributed by atoms with Gasteiger partial charge in [-0.2, -0.15) is 0 Å². The second kappa shape index (κ2) is 8.90. The maximum absolute atomic E-state index is 5.87. The molecule has 0 aromatic rings. The zero-order valence-electron chi connectivity index (χ0n) is 11.8. The van der Waals surface area contributed by atoms with Gasteiger partial charge in [-0.15, -0.1) is 0 Å². The van der Waals surface area contributed by atoms with E-state index in [2.05, 4.69) is 23.6 Å². The van der Waals surface area contributed by atoms with Gasteiger partial charge in [0, 0.05) is 38.8 Å². The normalized spacial score (nSPS) is 20.6. The summed E-state index contributed by atoms with van der Waals surface area (Å²) in [5.74, 6) is 0. The van der Waals surface area contributed by atoms with Crippen molar-refractivity contribution in [3.05, 3.63) is 0 Å². The van der Waals surface area contributed by atoms with Crippen LogP contribution in [-0.2, 0) is 0 Å². The molecular formula is C14H31N3. The number of nitrogens with two attached hydrogens (primary N) is 1. The molecule has 1 aliphatic rings. The molecule has 3 nitrogen and oxygen atoms in total. The smallest absolute Gasteiger partial charge is 0.0219 e. The van der Waals surface area contributed by atoms with Crippen LogP contribution >= 0.6 is 0 Å². The van der Waals surface area contributed by atoms with Crippen molar-refractivity contribution in [2.75, 3.05) is 39.3 Å². The summed E-state index contributed by atoms with van der Waals surface area (Å²) in [6, 6.07) is 0.623. The Morgan fingerprint density at radius 3 is 2.24 bits per heavy atom. The van der Waals surface area contributed by atoms with Gasteiger partial charge in [0.1, 0.15) is 0 Å². The highest BCUT2D eigenvalue weighted by atomic mass is 15.3. The van der Waals surface area contributed by atoms with E-state index < -0.39 is 0 Å². The summed E-state index contributed by atoms with van der Waals surface area (Å²) in [7, 11) is 0. The fourth-order valence-electron chi connectivity index (χ4n) is 2.72. The van der Waals surface area contributed by atoms with Gasteiger partial charge >= 0.3 is 0 Å². The molecule has 1 atom stereocenters. The van der Waals surface area contributed by atoms with Crippen LogP contribution in [0.2, 0.25) is 0 Å². The van der Waals surface area contributed by atoms with Crippen LogP contribution in [0.25, 0.3) is 0 Å². The van der Waals surface area contributed by atoms with E-state index in [0.717, 1.165) is 6.54 Å². The summed E-state index contributed by atoms with van der Waals surface area (Å²) in [4.78, 5) is 5.21. The summed E-state index contributed by atoms with van der Waals surface area (Å²) in [5.41, 5.74) is 5.87. The quantitative estimate of drug-likeness (QED) is 0.659. The molecule has 0 saturated carbocycles. The molecule has 2 N–H and O–H groups in total. The van der Waals surface area contributed by atoms with E-state index in [-0.39, 0.29) is 0 Å². The minimum atomic E-state index is 0.623. The molecule has 0 aromatic carbocycles. The van der Waals surface area contributed by atoms with Crippen LogP contribution in [0.4, 0.5) is 0 Å². The van der Waals surface area contributed by atoms with E-state index in [1.165, 1.54) is 64.8 Å². The lowest BCUT2D eigenvalue weighted by molar-refractivity contribution is 0.0935. The van der Waals surface area contributed by atoms with Crippen LogP contribution in [0.5, 0.6) is 0 Å². The van der Waals surface area contributed by atoms with Crippen molar-refractivity contribution in [1.82, 2.24) is 9.80 Å². The monoisotopic (exact) mass is 241 g/mol. The zero-order valence-corrected chi connectivity index (χ0v) is 11.8. The van der Waals surface area contributed by atoms with Crippen LogP contribution in [0.15, 0.2) is 0 Å². The Labute approximate surface area is 107 Å². The lowest BCUT2D eigenvalue weighted by Gasteiger charge is -2.39. The maximum Gasteiger partial charge on any atom is 0.0219 e. The predicted molar refractivity (Wildman–Crippen MR) is 75.3 cm³/mol. The first-order chi connectivity index (χ1) is 8.31. The van der Waals surface area contributed by atoms with Crippen LogP contribution in [0.1, 0.15) is 46.0 Å². The Morgan fingerprint density at radius 1 is 1.00 bits per heavy atom. The molecule has 1 rings (SSSR count). The molecule has 0 radical (unpaired) electrons. The Kier molecular flexibility index (Phi) is 7.82. The number of nitrogens with zero attached hydrogens (tertiary/aromatic N) is 2. The third kappa shape index (κ3) is 5.36. The molecule has 0 amide bonds. The number of piperazine rings is 1. The molecule has 1 aliphatic heterocycles. The van der Waals surface area contributed by atoms with Gasteiger partial charge in [-0.05, 0) is 19.4 Å². The lowest BCUT2D eigenvalue weighted by Crippen LogP contribution is -2.52. The van der Waals surface area contributed by atoms with E-state index in [0.29, 0.717) is 6.04 Å². The van der Waals surface area contributed by atoms with Gasteiger partial charge in [-0.25, -0.2) is 0 Å². The summed E-state index contributed by atoms with van der Waals surface area (Å²) in [5, 5.41) is 0. The molecule has 3 heteroatoms. The Balaban J connectivity index is 2.19. The molecule has 1 fully saturated rings. The van der Waals surface area contributed by atoms with E-state index in [1.54, 1.807) is 0 Å². The minimum Gasteiger partial charge on any atom is -0.329 e. The number of unbranched alkanes of at least 4 members (excludes halogenated alkanes) is 2. The summed E-state index contributed by atoms with van der Waals surface area (Å²) >= 11 is 0. The van der Waals surface area contributed by atoms with Crippen molar-refractivity contribution in [2.45, 2.75) is 52.0 Å². The number of rotatable bonds is 8. The third-order valence-electron chi connectivity index (χ3n) is 3.90. The van der Waals surface area contributed by atoms with Crippen LogP contribution in [0.3, 0.4) is 0 Å². The maximum atomic E-state index is 5.87. The molecule has 102 valence electrons. The second-order valence-corrected chi connectivity index (χ2v) is 5.26. The standard InChI is InChI=1S/C14H31N3/c1-3-5-6-8-16-9-11-17(12-10-16)14(13-15)7-4-2/h14H,3-13,15H2,1-2H3. The van der Waals surface area contributed by atoms with E-state index in [9.17, 15) is 0 Å². The summed E-state index contributed by atoms with van der Waals surface area (Å²) in [6.45, 7) is 11.6. The van der Waals surface area contributed by atoms with Gasteiger partial charge in [0.2, 0.25) is 0 Å². The molecule has 0 bridgehead atoms. The molecule has 0 aromatic heterocycles. The average molecular weight is 241 g/mol. The molecular weight excluding hydrogens is 210 g/mol. The first kappa shape index (κ1) is 14.9.